The van der Waals surface area contributed by atoms with Crippen molar-refractivity contribution in [1.29, 1.82) is 0 Å². The van der Waals surface area contributed by atoms with Crippen molar-refractivity contribution in [2.24, 2.45) is 5.92 Å². The molecule has 0 aliphatic heterocycles. The second-order valence-electron chi connectivity index (χ2n) is 3.08. The summed E-state index contributed by atoms with van der Waals surface area (Å²) >= 11 is 5.62. The molecule has 1 heteroatoms. The monoisotopic (exact) mass is 158 g/mol. The fourth-order valence-electron chi connectivity index (χ4n) is 1.61. The maximum Gasteiger partial charge on any atom is 0.0406 e. The Morgan fingerprint density at radius 2 is 2.40 bits per heavy atom. The van der Waals surface area contributed by atoms with Gasteiger partial charge in [-0.3, -0.25) is 0 Å². The van der Waals surface area contributed by atoms with Gasteiger partial charge in [0.1, 0.15) is 0 Å². The van der Waals surface area contributed by atoms with Gasteiger partial charge in [-0.25, -0.2) is 0 Å². The zero-order valence-electron chi connectivity index (χ0n) is 6.57. The highest BCUT2D eigenvalue weighted by Gasteiger charge is 2.12. The van der Waals surface area contributed by atoms with Crippen LogP contribution in [0.25, 0.3) is 0 Å². The summed E-state index contributed by atoms with van der Waals surface area (Å²) in [5.74, 6) is 1.49. The zero-order chi connectivity index (χ0) is 7.40. The van der Waals surface area contributed by atoms with Gasteiger partial charge in [-0.15, -0.1) is 11.6 Å². The van der Waals surface area contributed by atoms with E-state index in [9.17, 15) is 0 Å². The molecule has 0 saturated heterocycles. The Hall–Kier alpha value is 0.0300. The van der Waals surface area contributed by atoms with E-state index in [0.717, 1.165) is 5.92 Å². The highest BCUT2D eigenvalue weighted by molar-refractivity contribution is 6.18. The molecule has 1 rings (SSSR count). The van der Waals surface area contributed by atoms with Crippen LogP contribution in [0.1, 0.15) is 32.6 Å². The molecule has 1 saturated carbocycles. The van der Waals surface area contributed by atoms with E-state index in [-0.39, 0.29) is 0 Å². The highest BCUT2D eigenvalue weighted by Crippen LogP contribution is 2.28. The van der Waals surface area contributed by atoms with Crippen LogP contribution in [0.2, 0.25) is 0 Å². The fourth-order valence-corrected chi connectivity index (χ4v) is 1.81. The minimum atomic E-state index is 0.694. The van der Waals surface area contributed by atoms with Crippen molar-refractivity contribution >= 4 is 11.6 Å². The van der Waals surface area contributed by atoms with Crippen LogP contribution in [0.3, 0.4) is 0 Å². The summed E-state index contributed by atoms with van der Waals surface area (Å²) in [7, 11) is 0. The summed E-state index contributed by atoms with van der Waals surface area (Å²) in [6.07, 6.45) is 7.61. The van der Waals surface area contributed by atoms with Crippen molar-refractivity contribution in [3.05, 3.63) is 11.6 Å². The third kappa shape index (κ3) is 2.02. The Morgan fingerprint density at radius 1 is 1.60 bits per heavy atom. The zero-order valence-corrected chi connectivity index (χ0v) is 7.32. The van der Waals surface area contributed by atoms with E-state index in [4.69, 9.17) is 11.6 Å². The number of allylic oxidation sites excluding steroid dienone is 2. The molecule has 0 aromatic rings. The average molecular weight is 159 g/mol. The molecule has 0 aromatic heterocycles. The molecule has 1 atom stereocenters. The van der Waals surface area contributed by atoms with E-state index in [1.807, 2.05) is 0 Å². The van der Waals surface area contributed by atoms with Crippen LogP contribution in [0.5, 0.6) is 0 Å². The van der Waals surface area contributed by atoms with Crippen LogP contribution in [0.15, 0.2) is 11.6 Å². The minimum Gasteiger partial charge on any atom is -0.122 e. The standard InChI is InChI=1S/C9H15Cl/c1-8-4-2-3-5-9(8)6-7-10/h6,8H,2-5,7H2,1H3/b9-6+. The van der Waals surface area contributed by atoms with Gasteiger partial charge < -0.3 is 0 Å². The molecule has 0 heterocycles. The van der Waals surface area contributed by atoms with Crippen LogP contribution >= 0.6 is 11.6 Å². The Kier molecular flexibility index (Phi) is 3.27. The number of alkyl halides is 1. The van der Waals surface area contributed by atoms with Crippen LogP contribution in [0.4, 0.5) is 0 Å². The second kappa shape index (κ2) is 4.02. The van der Waals surface area contributed by atoms with Crippen molar-refractivity contribution in [3.8, 4) is 0 Å². The van der Waals surface area contributed by atoms with E-state index in [1.54, 1.807) is 5.57 Å². The predicted octanol–water partition coefficient (Wildman–Crippen LogP) is 3.36. The van der Waals surface area contributed by atoms with Gasteiger partial charge in [-0.1, -0.05) is 25.0 Å². The predicted molar refractivity (Wildman–Crippen MR) is 46.4 cm³/mol. The van der Waals surface area contributed by atoms with E-state index in [2.05, 4.69) is 13.0 Å². The van der Waals surface area contributed by atoms with Gasteiger partial charge in [0, 0.05) is 5.88 Å². The van der Waals surface area contributed by atoms with E-state index >= 15 is 0 Å². The van der Waals surface area contributed by atoms with E-state index in [1.165, 1.54) is 25.7 Å². The molecule has 0 spiro atoms. The first-order valence-corrected chi connectivity index (χ1v) is 4.63. The van der Waals surface area contributed by atoms with Crippen molar-refractivity contribution in [1.82, 2.24) is 0 Å². The first-order chi connectivity index (χ1) is 4.84. The molecule has 0 nitrogen and oxygen atoms in total. The Labute approximate surface area is 68.3 Å². The molecule has 1 fully saturated rings. The molecule has 0 amide bonds. The lowest BCUT2D eigenvalue weighted by molar-refractivity contribution is 0.483. The quantitative estimate of drug-likeness (QED) is 0.406. The summed E-state index contributed by atoms with van der Waals surface area (Å²) in [5, 5.41) is 0. The maximum atomic E-state index is 5.62. The lowest BCUT2D eigenvalue weighted by Gasteiger charge is -2.21. The smallest absolute Gasteiger partial charge is 0.0406 e. The average Bonchev–Trinajstić information content (AvgIpc) is 1.94. The number of rotatable bonds is 1. The topological polar surface area (TPSA) is 0 Å². The van der Waals surface area contributed by atoms with Gasteiger partial charge >= 0.3 is 0 Å². The molecule has 0 radical (unpaired) electrons. The molecule has 10 heavy (non-hydrogen) atoms. The molecule has 1 aliphatic carbocycles. The highest BCUT2D eigenvalue weighted by atomic mass is 35.5. The molecular weight excluding hydrogens is 144 g/mol. The van der Waals surface area contributed by atoms with Crippen LogP contribution < -0.4 is 0 Å². The first kappa shape index (κ1) is 8.13. The van der Waals surface area contributed by atoms with Crippen molar-refractivity contribution in [2.75, 3.05) is 5.88 Å². The van der Waals surface area contributed by atoms with Gasteiger partial charge in [-0.2, -0.15) is 0 Å². The summed E-state index contributed by atoms with van der Waals surface area (Å²) in [6, 6.07) is 0. The van der Waals surface area contributed by atoms with Gasteiger partial charge in [0.25, 0.3) is 0 Å². The summed E-state index contributed by atoms with van der Waals surface area (Å²) in [6.45, 7) is 2.30. The molecular formula is C9H15Cl. The minimum absolute atomic E-state index is 0.694. The molecule has 1 aliphatic rings. The summed E-state index contributed by atoms with van der Waals surface area (Å²) < 4.78 is 0. The summed E-state index contributed by atoms with van der Waals surface area (Å²) in [4.78, 5) is 0. The third-order valence-corrected chi connectivity index (χ3v) is 2.48. The van der Waals surface area contributed by atoms with Gasteiger partial charge in [0.15, 0.2) is 0 Å². The lowest BCUT2D eigenvalue weighted by atomic mass is 9.86. The van der Waals surface area contributed by atoms with E-state index < -0.39 is 0 Å². The largest absolute Gasteiger partial charge is 0.122 e. The van der Waals surface area contributed by atoms with E-state index in [0.29, 0.717) is 5.88 Å². The molecule has 0 aromatic carbocycles. The second-order valence-corrected chi connectivity index (χ2v) is 3.39. The first-order valence-electron chi connectivity index (χ1n) is 4.09. The Morgan fingerprint density at radius 3 is 3.00 bits per heavy atom. The van der Waals surface area contributed by atoms with Crippen molar-refractivity contribution in [2.45, 2.75) is 32.6 Å². The number of hydrogen-bond donors (Lipinski definition) is 0. The SMILES string of the molecule is CC1CCCC/C1=C\CCl. The Bertz CT molecular complexity index is 127. The molecule has 1 unspecified atom stereocenters. The number of hydrogen-bond acceptors (Lipinski definition) is 0. The van der Waals surface area contributed by atoms with Gasteiger partial charge in [-0.05, 0) is 25.2 Å². The molecule has 0 bridgehead atoms. The fraction of sp³-hybridized carbons (Fsp3) is 0.778. The lowest BCUT2D eigenvalue weighted by Crippen LogP contribution is -2.05. The van der Waals surface area contributed by atoms with Crippen LogP contribution in [0, 0.1) is 5.92 Å². The van der Waals surface area contributed by atoms with Gasteiger partial charge in [0.05, 0.1) is 0 Å². The van der Waals surface area contributed by atoms with Crippen molar-refractivity contribution in [3.63, 3.8) is 0 Å². The van der Waals surface area contributed by atoms with Crippen LogP contribution in [-0.4, -0.2) is 5.88 Å². The summed E-state index contributed by atoms with van der Waals surface area (Å²) in [5.41, 5.74) is 1.58. The molecule has 0 N–H and O–H groups in total. The molecule has 58 valence electrons. The third-order valence-electron chi connectivity index (χ3n) is 2.32. The maximum absolute atomic E-state index is 5.62. The van der Waals surface area contributed by atoms with Gasteiger partial charge in [0.2, 0.25) is 0 Å². The Balaban J connectivity index is 2.47. The van der Waals surface area contributed by atoms with Crippen LogP contribution in [-0.2, 0) is 0 Å². The normalized spacial score (nSPS) is 31.0. The van der Waals surface area contributed by atoms with Crippen molar-refractivity contribution < 1.29 is 0 Å². The number of halogens is 1.